The van der Waals surface area contributed by atoms with E-state index < -0.39 is 0 Å². The number of carbonyl (C=O) groups excluding carboxylic acids is 1. The number of ether oxygens (including phenoxy) is 1. The minimum Gasteiger partial charge on any atom is -0.496 e. The summed E-state index contributed by atoms with van der Waals surface area (Å²) in [5.74, 6) is 1.95. The summed E-state index contributed by atoms with van der Waals surface area (Å²) in [5.41, 5.74) is 4.71. The van der Waals surface area contributed by atoms with Crippen molar-refractivity contribution in [2.45, 2.75) is 39.3 Å². The second kappa shape index (κ2) is 10.7. The molecule has 0 atom stereocenters. The maximum Gasteiger partial charge on any atom is 0.222 e. The molecule has 0 radical (unpaired) electrons. The highest BCUT2D eigenvalue weighted by molar-refractivity contribution is 5.79. The van der Waals surface area contributed by atoms with Gasteiger partial charge in [0.15, 0.2) is 5.96 Å². The van der Waals surface area contributed by atoms with E-state index in [9.17, 15) is 4.79 Å². The highest BCUT2D eigenvalue weighted by Crippen LogP contribution is 2.19. The molecule has 3 rings (SSSR count). The van der Waals surface area contributed by atoms with Gasteiger partial charge in [0.05, 0.1) is 7.11 Å². The van der Waals surface area contributed by atoms with Crippen LogP contribution in [0.15, 0.2) is 47.5 Å². The molecular formula is C24H32N4O2. The predicted molar refractivity (Wildman–Crippen MR) is 121 cm³/mol. The Hall–Kier alpha value is -3.02. The van der Waals surface area contributed by atoms with Crippen molar-refractivity contribution in [3.05, 3.63) is 64.7 Å². The van der Waals surface area contributed by atoms with Crippen LogP contribution >= 0.6 is 0 Å². The number of nitrogens with one attached hydrogen (secondary N) is 2. The van der Waals surface area contributed by atoms with Crippen LogP contribution in [0.3, 0.4) is 0 Å². The third kappa shape index (κ3) is 5.99. The van der Waals surface area contributed by atoms with Crippen LogP contribution in [0.25, 0.3) is 0 Å². The van der Waals surface area contributed by atoms with Gasteiger partial charge in [-0.1, -0.05) is 36.4 Å². The Balaban J connectivity index is 1.47. The smallest absolute Gasteiger partial charge is 0.222 e. The molecule has 0 bridgehead atoms. The van der Waals surface area contributed by atoms with Gasteiger partial charge in [-0.25, -0.2) is 0 Å². The zero-order chi connectivity index (χ0) is 21.3. The first-order chi connectivity index (χ1) is 14.6. The molecule has 0 saturated carbocycles. The Morgan fingerprint density at radius 1 is 1.13 bits per heavy atom. The van der Waals surface area contributed by atoms with Crippen molar-refractivity contribution in [2.75, 3.05) is 27.2 Å². The normalized spacial score (nSPS) is 14.2. The number of aryl methyl sites for hydroxylation is 1. The van der Waals surface area contributed by atoms with Gasteiger partial charge in [0, 0.05) is 39.6 Å². The highest BCUT2D eigenvalue weighted by Gasteiger charge is 2.19. The highest BCUT2D eigenvalue weighted by atomic mass is 16.5. The van der Waals surface area contributed by atoms with Gasteiger partial charge in [-0.05, 0) is 48.1 Å². The number of aliphatic imine (C=N–C) groups is 1. The maximum atomic E-state index is 11.9. The molecule has 1 amide bonds. The standard InChI is InChI=1S/C24H32N4O2/c1-18-9-10-19(15-22(18)30-3)11-12-26-24(25-2)27-16-20-6-4-7-21(14-20)17-28-13-5-8-23(28)29/h4,6-7,9-10,14-15H,5,8,11-13,16-17H2,1-3H3,(H2,25,26,27). The number of rotatable bonds is 8. The number of hydrogen-bond acceptors (Lipinski definition) is 3. The molecule has 0 spiro atoms. The van der Waals surface area contributed by atoms with Gasteiger partial charge in [0.25, 0.3) is 0 Å². The molecule has 0 aliphatic carbocycles. The lowest BCUT2D eigenvalue weighted by molar-refractivity contribution is -0.128. The largest absolute Gasteiger partial charge is 0.496 e. The lowest BCUT2D eigenvalue weighted by Crippen LogP contribution is -2.37. The molecular weight excluding hydrogens is 376 g/mol. The molecule has 2 aromatic rings. The molecule has 6 heteroatoms. The predicted octanol–water partition coefficient (Wildman–Crippen LogP) is 3.03. The van der Waals surface area contributed by atoms with Crippen LogP contribution in [0.4, 0.5) is 0 Å². The van der Waals surface area contributed by atoms with Crippen molar-refractivity contribution in [3.8, 4) is 5.75 Å². The van der Waals surface area contributed by atoms with Gasteiger partial charge >= 0.3 is 0 Å². The number of benzene rings is 2. The number of guanidine groups is 1. The Morgan fingerprint density at radius 3 is 2.70 bits per heavy atom. The first-order valence-corrected chi connectivity index (χ1v) is 10.5. The quantitative estimate of drug-likeness (QED) is 0.521. The molecule has 0 aromatic heterocycles. The number of methoxy groups -OCH3 is 1. The van der Waals surface area contributed by atoms with E-state index in [4.69, 9.17) is 4.74 Å². The van der Waals surface area contributed by atoms with Crippen molar-refractivity contribution in [2.24, 2.45) is 4.99 Å². The number of carbonyl (C=O) groups is 1. The fourth-order valence-electron chi connectivity index (χ4n) is 3.68. The van der Waals surface area contributed by atoms with Crippen molar-refractivity contribution in [1.29, 1.82) is 0 Å². The SMILES string of the molecule is CN=C(NCCc1ccc(C)c(OC)c1)NCc1cccc(CN2CCCC2=O)c1. The first-order valence-electron chi connectivity index (χ1n) is 10.5. The molecule has 30 heavy (non-hydrogen) atoms. The minimum absolute atomic E-state index is 0.259. The summed E-state index contributed by atoms with van der Waals surface area (Å²) in [4.78, 5) is 18.1. The fraction of sp³-hybridized carbons (Fsp3) is 0.417. The Bertz CT molecular complexity index is 895. The first kappa shape index (κ1) is 21.7. The van der Waals surface area contributed by atoms with E-state index in [1.54, 1.807) is 14.2 Å². The van der Waals surface area contributed by atoms with Gasteiger partial charge in [0.2, 0.25) is 5.91 Å². The molecule has 0 unspecified atom stereocenters. The van der Waals surface area contributed by atoms with Crippen LogP contribution in [0, 0.1) is 6.92 Å². The summed E-state index contributed by atoms with van der Waals surface area (Å²) in [6.07, 6.45) is 2.53. The van der Waals surface area contributed by atoms with E-state index >= 15 is 0 Å². The van der Waals surface area contributed by atoms with Crippen LogP contribution in [0.2, 0.25) is 0 Å². The van der Waals surface area contributed by atoms with E-state index in [0.29, 0.717) is 19.5 Å². The Labute approximate surface area is 179 Å². The molecule has 2 N–H and O–H groups in total. The van der Waals surface area contributed by atoms with Gasteiger partial charge in [0.1, 0.15) is 5.75 Å². The van der Waals surface area contributed by atoms with E-state index in [1.165, 1.54) is 16.7 Å². The van der Waals surface area contributed by atoms with Gasteiger partial charge < -0.3 is 20.3 Å². The van der Waals surface area contributed by atoms with Crippen LogP contribution in [0.5, 0.6) is 5.75 Å². The molecule has 1 aliphatic heterocycles. The molecule has 1 aliphatic rings. The number of nitrogens with zero attached hydrogens (tertiary/aromatic N) is 2. The zero-order valence-corrected chi connectivity index (χ0v) is 18.2. The summed E-state index contributed by atoms with van der Waals surface area (Å²) in [6, 6.07) is 14.7. The third-order valence-electron chi connectivity index (χ3n) is 5.40. The van der Waals surface area contributed by atoms with E-state index in [2.05, 4.69) is 52.0 Å². The lowest BCUT2D eigenvalue weighted by atomic mass is 10.1. The molecule has 1 fully saturated rings. The molecule has 1 saturated heterocycles. The number of likely N-dealkylation sites (tertiary alicyclic amines) is 1. The Morgan fingerprint density at radius 2 is 1.97 bits per heavy atom. The average molecular weight is 409 g/mol. The van der Waals surface area contributed by atoms with Crippen LogP contribution in [-0.4, -0.2) is 44.0 Å². The van der Waals surface area contributed by atoms with Gasteiger partial charge in [-0.3, -0.25) is 9.79 Å². The second-order valence-corrected chi connectivity index (χ2v) is 7.65. The van der Waals surface area contributed by atoms with Crippen LogP contribution in [-0.2, 0) is 24.3 Å². The summed E-state index contributed by atoms with van der Waals surface area (Å²) in [6.45, 7) is 5.07. The lowest BCUT2D eigenvalue weighted by Gasteiger charge is -2.16. The Kier molecular flexibility index (Phi) is 7.71. The van der Waals surface area contributed by atoms with Crippen LogP contribution < -0.4 is 15.4 Å². The summed E-state index contributed by atoms with van der Waals surface area (Å²) in [5, 5.41) is 6.73. The van der Waals surface area contributed by atoms with Crippen molar-refractivity contribution in [1.82, 2.24) is 15.5 Å². The molecule has 2 aromatic carbocycles. The molecule has 1 heterocycles. The molecule has 160 valence electrons. The average Bonchev–Trinajstić information content (AvgIpc) is 3.16. The van der Waals surface area contributed by atoms with Gasteiger partial charge in [-0.2, -0.15) is 0 Å². The number of hydrogen-bond donors (Lipinski definition) is 2. The van der Waals surface area contributed by atoms with Crippen molar-refractivity contribution in [3.63, 3.8) is 0 Å². The van der Waals surface area contributed by atoms with Gasteiger partial charge in [-0.15, -0.1) is 0 Å². The summed E-state index contributed by atoms with van der Waals surface area (Å²) < 4.78 is 5.40. The molecule has 6 nitrogen and oxygen atoms in total. The van der Waals surface area contributed by atoms with Crippen molar-refractivity contribution >= 4 is 11.9 Å². The third-order valence-corrected chi connectivity index (χ3v) is 5.40. The van der Waals surface area contributed by atoms with E-state index in [0.717, 1.165) is 43.2 Å². The summed E-state index contributed by atoms with van der Waals surface area (Å²) in [7, 11) is 3.48. The topological polar surface area (TPSA) is 66.0 Å². The maximum absolute atomic E-state index is 11.9. The minimum atomic E-state index is 0.259. The van der Waals surface area contributed by atoms with E-state index in [-0.39, 0.29) is 5.91 Å². The monoisotopic (exact) mass is 408 g/mol. The fourth-order valence-corrected chi connectivity index (χ4v) is 3.68. The van der Waals surface area contributed by atoms with E-state index in [1.807, 2.05) is 17.9 Å². The zero-order valence-electron chi connectivity index (χ0n) is 18.2. The second-order valence-electron chi connectivity index (χ2n) is 7.65. The van der Waals surface area contributed by atoms with Crippen LogP contribution in [0.1, 0.15) is 35.1 Å². The summed E-state index contributed by atoms with van der Waals surface area (Å²) >= 11 is 0. The van der Waals surface area contributed by atoms with Crippen molar-refractivity contribution < 1.29 is 9.53 Å². The number of amides is 1.